The molecule has 1 aliphatic rings. The zero-order valence-corrected chi connectivity index (χ0v) is 15.8. The van der Waals surface area contributed by atoms with E-state index >= 15 is 0 Å². The largest absolute Gasteiger partial charge is 0.386 e. The van der Waals surface area contributed by atoms with Crippen LogP contribution in [0, 0.1) is 6.92 Å². The Morgan fingerprint density at radius 2 is 2.00 bits per heavy atom. The van der Waals surface area contributed by atoms with Crippen LogP contribution in [0.25, 0.3) is 11.2 Å². The molecule has 1 aliphatic heterocycles. The second kappa shape index (κ2) is 7.43. The number of aryl methyl sites for hydroxylation is 1. The highest BCUT2D eigenvalue weighted by Crippen LogP contribution is 2.34. The minimum atomic E-state index is -0.896. The number of hydrogen-bond acceptors (Lipinski definition) is 8. The van der Waals surface area contributed by atoms with Crippen molar-refractivity contribution in [2.75, 3.05) is 12.3 Å². The van der Waals surface area contributed by atoms with Gasteiger partial charge in [0.05, 0.1) is 25.1 Å². The first-order valence-corrected chi connectivity index (χ1v) is 8.85. The third kappa shape index (κ3) is 3.66. The molecule has 0 amide bonds. The minimum Gasteiger partial charge on any atom is -0.386 e. The molecular formula is C17H27N5O4. The molecule has 0 bridgehead atoms. The topological polar surface area (TPSA) is 118 Å². The van der Waals surface area contributed by atoms with Gasteiger partial charge in [0.25, 0.3) is 0 Å². The maximum Gasteiger partial charge on any atom is 0.167 e. The molecule has 144 valence electrons. The molecule has 3 rings (SSSR count). The fourth-order valence-corrected chi connectivity index (χ4v) is 3.09. The van der Waals surface area contributed by atoms with Gasteiger partial charge in [-0.25, -0.2) is 15.0 Å². The van der Waals surface area contributed by atoms with Crippen molar-refractivity contribution in [3.8, 4) is 0 Å². The van der Waals surface area contributed by atoms with Crippen molar-refractivity contribution in [2.45, 2.75) is 71.4 Å². The van der Waals surface area contributed by atoms with Gasteiger partial charge in [0, 0.05) is 0 Å². The van der Waals surface area contributed by atoms with E-state index in [2.05, 4.69) is 15.0 Å². The van der Waals surface area contributed by atoms with Crippen LogP contribution in [0.15, 0.2) is 6.33 Å². The van der Waals surface area contributed by atoms with Gasteiger partial charge in [0.2, 0.25) is 0 Å². The number of nitrogens with zero attached hydrogens (tertiary/aromatic N) is 4. The summed E-state index contributed by atoms with van der Waals surface area (Å²) in [4.78, 5) is 12.8. The van der Waals surface area contributed by atoms with Crippen molar-refractivity contribution < 1.29 is 19.3 Å². The molecule has 2 aromatic heterocycles. The highest BCUT2D eigenvalue weighted by atomic mass is 16.6. The van der Waals surface area contributed by atoms with Crippen molar-refractivity contribution in [3.63, 3.8) is 0 Å². The zero-order chi connectivity index (χ0) is 19.0. The second-order valence-electron chi connectivity index (χ2n) is 7.07. The molecular weight excluding hydrogens is 338 g/mol. The Hall–Kier alpha value is -1.81. The quantitative estimate of drug-likeness (QED) is 0.784. The van der Waals surface area contributed by atoms with E-state index in [-0.39, 0.29) is 12.2 Å². The van der Waals surface area contributed by atoms with E-state index in [1.54, 1.807) is 17.8 Å². The first kappa shape index (κ1) is 19.0. The average Bonchev–Trinajstić information content (AvgIpc) is 3.08. The third-order valence-electron chi connectivity index (χ3n) is 4.17. The number of aromatic nitrogens is 4. The lowest BCUT2D eigenvalue weighted by molar-refractivity contribution is -0.0973. The van der Waals surface area contributed by atoms with Gasteiger partial charge in [-0.3, -0.25) is 4.57 Å². The fourth-order valence-electron chi connectivity index (χ4n) is 3.09. The first-order chi connectivity index (χ1) is 12.3. The maximum atomic E-state index is 10.9. The molecule has 4 atom stereocenters. The number of nitrogen functional groups attached to an aromatic ring is 1. The average molecular weight is 365 g/mol. The van der Waals surface area contributed by atoms with Crippen molar-refractivity contribution in [3.05, 3.63) is 12.2 Å². The zero-order valence-electron chi connectivity index (χ0n) is 15.8. The summed E-state index contributed by atoms with van der Waals surface area (Å²) in [5.41, 5.74) is 6.93. The first-order valence-electron chi connectivity index (χ1n) is 8.85. The molecule has 2 aromatic rings. The molecule has 0 saturated carbocycles. The smallest absolute Gasteiger partial charge is 0.167 e. The molecule has 9 heteroatoms. The Morgan fingerprint density at radius 1 is 1.27 bits per heavy atom. The Balaban J connectivity index is 1.92. The molecule has 3 N–H and O–H groups in total. The predicted molar refractivity (Wildman–Crippen MR) is 95.5 cm³/mol. The van der Waals surface area contributed by atoms with Gasteiger partial charge in [-0.1, -0.05) is 0 Å². The molecule has 1 fully saturated rings. The lowest BCUT2D eigenvalue weighted by Crippen LogP contribution is -2.38. The monoisotopic (exact) mass is 365 g/mol. The van der Waals surface area contributed by atoms with Crippen LogP contribution in [0.3, 0.4) is 0 Å². The van der Waals surface area contributed by atoms with Gasteiger partial charge in [0.1, 0.15) is 29.7 Å². The van der Waals surface area contributed by atoms with Crippen molar-refractivity contribution in [1.82, 2.24) is 19.5 Å². The number of fused-ring (bicyclic) bond motifs is 1. The molecule has 1 saturated heterocycles. The van der Waals surface area contributed by atoms with E-state index in [9.17, 15) is 5.11 Å². The van der Waals surface area contributed by atoms with Crippen molar-refractivity contribution in [2.24, 2.45) is 0 Å². The summed E-state index contributed by atoms with van der Waals surface area (Å²) in [7, 11) is 0. The molecule has 9 nitrogen and oxygen atoms in total. The van der Waals surface area contributed by atoms with Crippen LogP contribution in [-0.4, -0.2) is 61.8 Å². The normalized spacial score (nSPS) is 26.5. The molecule has 0 aromatic carbocycles. The van der Waals surface area contributed by atoms with E-state index in [0.29, 0.717) is 29.4 Å². The predicted octanol–water partition coefficient (Wildman–Crippen LogP) is 1.19. The number of aliphatic hydroxyl groups is 1. The van der Waals surface area contributed by atoms with Crippen molar-refractivity contribution >= 4 is 17.0 Å². The Bertz CT molecular complexity index is 763. The van der Waals surface area contributed by atoms with Gasteiger partial charge in [0.15, 0.2) is 17.7 Å². The van der Waals surface area contributed by atoms with Crippen LogP contribution in [0.5, 0.6) is 0 Å². The van der Waals surface area contributed by atoms with Crippen LogP contribution in [0.4, 0.5) is 5.82 Å². The van der Waals surface area contributed by atoms with Gasteiger partial charge < -0.3 is 25.1 Å². The summed E-state index contributed by atoms with van der Waals surface area (Å²) in [6.45, 7) is 9.82. The Morgan fingerprint density at radius 3 is 2.65 bits per heavy atom. The highest BCUT2D eigenvalue weighted by Gasteiger charge is 2.46. The van der Waals surface area contributed by atoms with Gasteiger partial charge in [-0.05, 0) is 34.6 Å². The van der Waals surface area contributed by atoms with E-state index < -0.39 is 24.5 Å². The third-order valence-corrected chi connectivity index (χ3v) is 4.17. The number of nitrogens with two attached hydrogens (primary N) is 1. The number of aliphatic hydroxyl groups excluding tert-OH is 1. The van der Waals surface area contributed by atoms with Gasteiger partial charge in [-0.2, -0.15) is 0 Å². The van der Waals surface area contributed by atoms with Crippen LogP contribution in [0.1, 0.15) is 39.7 Å². The summed E-state index contributed by atoms with van der Waals surface area (Å²) < 4.78 is 19.4. The number of imidazole rings is 1. The number of hydrogen-bond donors (Lipinski definition) is 2. The summed E-state index contributed by atoms with van der Waals surface area (Å²) in [5, 5.41) is 10.9. The lowest BCUT2D eigenvalue weighted by Gasteiger charge is -2.23. The van der Waals surface area contributed by atoms with Crippen LogP contribution < -0.4 is 5.73 Å². The Kier molecular flexibility index (Phi) is 5.42. The standard InChI is InChI=1S/C17H27N5O4/c1-8(2)24-6-11-14(25-9(3)4)13(23)17(26-11)22-7-19-12-15(18)20-10(5)21-16(12)22/h7-9,11,13-14,17,23H,6H2,1-5H3,(H2,18,20,21)/t11-,13+,14?,17-/m1/s1. The summed E-state index contributed by atoms with van der Waals surface area (Å²) in [5.74, 6) is 0.826. The van der Waals surface area contributed by atoms with E-state index in [1.165, 1.54) is 0 Å². The van der Waals surface area contributed by atoms with Gasteiger partial charge >= 0.3 is 0 Å². The van der Waals surface area contributed by atoms with Crippen molar-refractivity contribution in [1.29, 1.82) is 0 Å². The number of ether oxygens (including phenoxy) is 3. The van der Waals surface area contributed by atoms with E-state index in [0.717, 1.165) is 0 Å². The van der Waals surface area contributed by atoms with Crippen LogP contribution >= 0.6 is 0 Å². The molecule has 0 radical (unpaired) electrons. The summed E-state index contributed by atoms with van der Waals surface area (Å²) >= 11 is 0. The fraction of sp³-hybridized carbons (Fsp3) is 0.706. The minimum absolute atomic E-state index is 0.0544. The highest BCUT2D eigenvalue weighted by molar-refractivity contribution is 5.81. The molecule has 1 unspecified atom stereocenters. The number of rotatable bonds is 6. The van der Waals surface area contributed by atoms with Crippen LogP contribution in [0.2, 0.25) is 0 Å². The lowest BCUT2D eigenvalue weighted by atomic mass is 10.1. The van der Waals surface area contributed by atoms with Crippen LogP contribution in [-0.2, 0) is 14.2 Å². The van der Waals surface area contributed by atoms with E-state index in [1.807, 2.05) is 27.7 Å². The maximum absolute atomic E-state index is 10.9. The molecule has 26 heavy (non-hydrogen) atoms. The molecule has 0 spiro atoms. The second-order valence-corrected chi connectivity index (χ2v) is 7.07. The molecule has 3 heterocycles. The van der Waals surface area contributed by atoms with Gasteiger partial charge in [-0.15, -0.1) is 0 Å². The molecule has 0 aliphatic carbocycles. The summed E-state index contributed by atoms with van der Waals surface area (Å²) in [6.07, 6.45) is -0.961. The number of anilines is 1. The summed E-state index contributed by atoms with van der Waals surface area (Å²) in [6, 6.07) is 0. The van der Waals surface area contributed by atoms with E-state index in [4.69, 9.17) is 19.9 Å². The SMILES string of the molecule is Cc1nc(N)c2ncn([C@@H]3O[C@H](COC(C)C)C(OC(C)C)[C@@H]3O)c2n1. The Labute approximate surface area is 152 Å².